The summed E-state index contributed by atoms with van der Waals surface area (Å²) in [5, 5.41) is 10.1. The van der Waals surface area contributed by atoms with Gasteiger partial charge in [0.25, 0.3) is 0 Å². The minimum atomic E-state index is -0.0578. The van der Waals surface area contributed by atoms with Gasteiger partial charge < -0.3 is 18.6 Å². The Labute approximate surface area is 480 Å². The average molecular weight is 1060 g/mol. The number of aryl methyl sites for hydroxylation is 2. The average Bonchev–Trinajstić information content (AvgIpc) is 4.29. The molecule has 15 rings (SSSR count). The van der Waals surface area contributed by atoms with Crippen molar-refractivity contribution in [2.24, 2.45) is 0 Å². The molecule has 0 saturated heterocycles. The van der Waals surface area contributed by atoms with Gasteiger partial charge in [0.1, 0.15) is 0 Å². The molecule has 4 heterocycles. The molecule has 0 fully saturated rings. The van der Waals surface area contributed by atoms with Crippen LogP contribution < -0.4 is 9.80 Å². The van der Waals surface area contributed by atoms with Gasteiger partial charge in [-0.05, 0) is 142 Å². The molecule has 0 saturated carbocycles. The molecular weight excluding hydrogens is 993 g/mol. The fourth-order valence-corrected chi connectivity index (χ4v) is 13.6. The first kappa shape index (κ1) is 49.6. The van der Waals surface area contributed by atoms with E-state index >= 15 is 0 Å². The molecule has 11 aromatic carbocycles. The lowest BCUT2D eigenvalue weighted by Crippen LogP contribution is -2.12. The van der Waals surface area contributed by atoms with Crippen molar-refractivity contribution in [3.05, 3.63) is 253 Å². The van der Waals surface area contributed by atoms with Crippen LogP contribution in [0.2, 0.25) is 0 Å². The maximum absolute atomic E-state index is 2.60. The van der Waals surface area contributed by atoms with E-state index in [0.29, 0.717) is 0 Å². The van der Waals surface area contributed by atoms with E-state index in [1.54, 1.807) is 0 Å². The Morgan fingerprint density at radius 2 is 0.720 bits per heavy atom. The van der Waals surface area contributed by atoms with Gasteiger partial charge in [-0.3, -0.25) is 0 Å². The quantitative estimate of drug-likeness (QED) is 0.136. The molecule has 398 valence electrons. The summed E-state index contributed by atoms with van der Waals surface area (Å²) in [7, 11) is 0. The number of hydrogen-bond donors (Lipinski definition) is 0. The van der Waals surface area contributed by atoms with E-state index in [1.807, 2.05) is 0 Å². The van der Waals surface area contributed by atoms with Crippen LogP contribution >= 0.6 is 0 Å². The first-order valence-electron chi connectivity index (χ1n) is 29.4. The zero-order chi connectivity index (χ0) is 55.8. The van der Waals surface area contributed by atoms with Gasteiger partial charge in [0, 0.05) is 65.6 Å². The predicted molar refractivity (Wildman–Crippen MR) is 352 cm³/mol. The van der Waals surface area contributed by atoms with Crippen molar-refractivity contribution >= 4 is 110 Å². The molecule has 0 unspecified atom stereocenters. The molecule has 15 aromatic rings. The first-order valence-corrected chi connectivity index (χ1v) is 29.4. The molecule has 0 amide bonds. The lowest BCUT2D eigenvalue weighted by atomic mass is 9.86. The fraction of sp³-hybridized carbons (Fsp3) is 0.154. The topological polar surface area (TPSA) is 15.3 Å². The smallest absolute Gasteiger partial charge is 0.0641 e. The van der Waals surface area contributed by atoms with Gasteiger partial charge in [-0.1, -0.05) is 201 Å². The highest BCUT2D eigenvalue weighted by atomic mass is 15.2. The number of anilines is 6. The van der Waals surface area contributed by atoms with Crippen molar-refractivity contribution in [2.75, 3.05) is 9.80 Å². The first-order chi connectivity index (χ1) is 39.9. The molecule has 4 nitrogen and oxygen atoms in total. The zero-order valence-corrected chi connectivity index (χ0v) is 48.1. The lowest BCUT2D eigenvalue weighted by Gasteiger charge is -2.29. The molecule has 4 aromatic heterocycles. The summed E-state index contributed by atoms with van der Waals surface area (Å²) in [4.78, 5) is 5.08. The Kier molecular flexibility index (Phi) is 11.3. The molecule has 4 heteroatoms. The van der Waals surface area contributed by atoms with Gasteiger partial charge in [-0.25, -0.2) is 0 Å². The third kappa shape index (κ3) is 7.57. The second kappa shape index (κ2) is 18.6. The number of aromatic nitrogens is 2. The van der Waals surface area contributed by atoms with E-state index < -0.39 is 0 Å². The Balaban J connectivity index is 1.05. The molecule has 0 atom stereocenters. The van der Waals surface area contributed by atoms with E-state index in [9.17, 15) is 0 Å². The second-order valence-corrected chi connectivity index (χ2v) is 24.7. The van der Waals surface area contributed by atoms with E-state index in [1.165, 1.54) is 132 Å². The van der Waals surface area contributed by atoms with E-state index in [0.717, 1.165) is 35.6 Å². The van der Waals surface area contributed by atoms with Crippen LogP contribution in [0.3, 0.4) is 0 Å². The molecule has 0 aliphatic rings. The highest BCUT2D eigenvalue weighted by Gasteiger charge is 2.31. The number of fused-ring (bicyclic) bond motifs is 12. The SMILES string of the molecule is CCc1cccc(N(c2ccccc2-c2ccccc2)c2ccc3c4cc5c(cc4n4c6ccc(C(C)(C)C)cc6c2c34)c2ccc(N(c3cccc(CC)c3)c3ccccc3-c3ccccc3)c3c4cc(C(C)(C)C)ccc4n5c23)c1. The maximum atomic E-state index is 2.60. The molecule has 82 heavy (non-hydrogen) atoms. The van der Waals surface area contributed by atoms with Crippen molar-refractivity contribution in [2.45, 2.75) is 79.1 Å². The molecule has 0 aliphatic heterocycles. The van der Waals surface area contributed by atoms with Crippen molar-refractivity contribution < 1.29 is 0 Å². The molecular formula is C78H66N4. The van der Waals surface area contributed by atoms with Crippen LogP contribution in [0.1, 0.15) is 77.6 Å². The molecule has 0 bridgehead atoms. The van der Waals surface area contributed by atoms with E-state index in [4.69, 9.17) is 0 Å². The Hall–Kier alpha value is -9.38. The number of hydrogen-bond acceptors (Lipinski definition) is 2. The molecule has 0 N–H and O–H groups in total. The summed E-state index contributed by atoms with van der Waals surface area (Å²) >= 11 is 0. The third-order valence-electron chi connectivity index (χ3n) is 17.8. The number of nitrogens with zero attached hydrogens (tertiary/aromatic N) is 4. The maximum Gasteiger partial charge on any atom is 0.0641 e. The minimum absolute atomic E-state index is 0.0578. The van der Waals surface area contributed by atoms with Crippen LogP contribution in [-0.2, 0) is 23.7 Å². The second-order valence-electron chi connectivity index (χ2n) is 24.7. The van der Waals surface area contributed by atoms with Gasteiger partial charge in [-0.2, -0.15) is 0 Å². The fourth-order valence-electron chi connectivity index (χ4n) is 13.6. The summed E-state index contributed by atoms with van der Waals surface area (Å²) in [6.45, 7) is 18.5. The van der Waals surface area contributed by atoms with Gasteiger partial charge in [-0.15, -0.1) is 0 Å². The van der Waals surface area contributed by atoms with Crippen molar-refractivity contribution in [1.29, 1.82) is 0 Å². The van der Waals surface area contributed by atoms with Crippen LogP contribution in [0.25, 0.3) is 98.4 Å². The Morgan fingerprint density at radius 3 is 1.12 bits per heavy atom. The Morgan fingerprint density at radius 1 is 0.317 bits per heavy atom. The number of para-hydroxylation sites is 2. The highest BCUT2D eigenvalue weighted by Crippen LogP contribution is 2.53. The number of rotatable bonds is 10. The van der Waals surface area contributed by atoms with E-state index in [2.05, 4.69) is 305 Å². The van der Waals surface area contributed by atoms with Crippen molar-refractivity contribution in [3.63, 3.8) is 0 Å². The Bertz CT molecular complexity index is 4650. The number of benzene rings is 11. The largest absolute Gasteiger partial charge is 0.309 e. The lowest BCUT2D eigenvalue weighted by molar-refractivity contribution is 0.591. The summed E-state index contributed by atoms with van der Waals surface area (Å²) < 4.78 is 5.20. The molecule has 0 spiro atoms. The minimum Gasteiger partial charge on any atom is -0.309 e. The van der Waals surface area contributed by atoms with Crippen LogP contribution in [0, 0.1) is 0 Å². The standard InChI is InChI=1S/C78H66N4/c1-9-49-23-21-29-55(43-49)79(65-33-19-17-31-57(65)51-25-13-11-14-26-51)69-41-37-59-61-47-72-62(48-71(61)81-67-39-35-53(77(3,4)5)45-63(67)73(69)75(59)81)60-38-42-70(74-64-46-54(78(6,7)8)36-40-68(64)82(72)76(60)74)80(56-30-22-24-50(10-2)44-56)66-34-20-18-32-58(66)52-27-15-12-16-28-52/h11-48H,9-10H2,1-8H3. The monoisotopic (exact) mass is 1060 g/mol. The van der Waals surface area contributed by atoms with Crippen LogP contribution in [0.5, 0.6) is 0 Å². The van der Waals surface area contributed by atoms with E-state index in [-0.39, 0.29) is 10.8 Å². The summed E-state index contributed by atoms with van der Waals surface area (Å²) in [6.07, 6.45) is 1.89. The molecule has 0 aliphatic carbocycles. The van der Waals surface area contributed by atoms with Gasteiger partial charge in [0.2, 0.25) is 0 Å². The van der Waals surface area contributed by atoms with Gasteiger partial charge in [0.05, 0.1) is 55.8 Å². The van der Waals surface area contributed by atoms with Crippen LogP contribution in [-0.4, -0.2) is 8.80 Å². The zero-order valence-electron chi connectivity index (χ0n) is 48.1. The summed E-state index contributed by atoms with van der Waals surface area (Å²) in [6, 6.07) is 87.2. The van der Waals surface area contributed by atoms with Gasteiger partial charge in [0.15, 0.2) is 0 Å². The van der Waals surface area contributed by atoms with Crippen molar-refractivity contribution in [3.8, 4) is 22.3 Å². The highest BCUT2D eigenvalue weighted by molar-refractivity contribution is 6.32. The molecule has 0 radical (unpaired) electrons. The summed E-state index contributed by atoms with van der Waals surface area (Å²) in [5.74, 6) is 0. The van der Waals surface area contributed by atoms with Gasteiger partial charge >= 0.3 is 0 Å². The normalized spacial score (nSPS) is 12.5. The van der Waals surface area contributed by atoms with Crippen molar-refractivity contribution in [1.82, 2.24) is 8.80 Å². The van der Waals surface area contributed by atoms with Crippen LogP contribution in [0.15, 0.2) is 231 Å². The third-order valence-corrected chi connectivity index (χ3v) is 17.8. The predicted octanol–water partition coefficient (Wildman–Crippen LogP) is 22.0. The summed E-state index contributed by atoms with van der Waals surface area (Å²) in [5.41, 5.74) is 24.2. The van der Waals surface area contributed by atoms with Crippen LogP contribution in [0.4, 0.5) is 34.1 Å².